The van der Waals surface area contributed by atoms with Crippen molar-refractivity contribution in [3.8, 4) is 0 Å². The van der Waals surface area contributed by atoms with Gasteiger partial charge in [0.25, 0.3) is 0 Å². The number of benzene rings is 2. The van der Waals surface area contributed by atoms with Gasteiger partial charge in [-0.15, -0.1) is 0 Å². The molecule has 1 atom stereocenters. The Morgan fingerprint density at radius 2 is 1.86 bits per heavy atom. The number of aryl methyl sites for hydroxylation is 1. The Morgan fingerprint density at radius 1 is 1.14 bits per heavy atom. The quantitative estimate of drug-likeness (QED) is 0.836. The Hall–Kier alpha value is -3.15. The van der Waals surface area contributed by atoms with Crippen LogP contribution in [-0.2, 0) is 16.0 Å². The van der Waals surface area contributed by atoms with E-state index in [0.29, 0.717) is 18.5 Å². The molecule has 0 saturated carbocycles. The predicted molar refractivity (Wildman–Crippen MR) is 108 cm³/mol. The van der Waals surface area contributed by atoms with E-state index < -0.39 is 11.9 Å². The van der Waals surface area contributed by atoms with E-state index in [1.807, 2.05) is 37.3 Å². The standard InChI is InChI=1S/C22H25N3O3/c1-14-8-10-16(11-9-14)19(24-15(2)26)13-21(27)25-12-4-6-17-18(22(23)28)5-3-7-20(17)25/h3,5,7-11,19H,4,6,12-13H2,1-2H3,(H2,23,28)(H,24,26). The molecule has 3 N–H and O–H groups in total. The van der Waals surface area contributed by atoms with Crippen LogP contribution in [0.5, 0.6) is 0 Å². The third-order valence-electron chi connectivity index (χ3n) is 5.05. The lowest BCUT2D eigenvalue weighted by Gasteiger charge is -2.32. The van der Waals surface area contributed by atoms with Crippen molar-refractivity contribution < 1.29 is 14.4 Å². The van der Waals surface area contributed by atoms with Crippen LogP contribution in [0.15, 0.2) is 42.5 Å². The molecule has 0 bridgehead atoms. The molecule has 28 heavy (non-hydrogen) atoms. The molecule has 2 aromatic carbocycles. The SMILES string of the molecule is CC(=O)NC(CC(=O)N1CCCc2c(C(N)=O)cccc21)c1ccc(C)cc1. The molecule has 0 aliphatic carbocycles. The van der Waals surface area contributed by atoms with E-state index in [9.17, 15) is 14.4 Å². The summed E-state index contributed by atoms with van der Waals surface area (Å²) in [5.41, 5.74) is 9.51. The number of rotatable bonds is 5. The Kier molecular flexibility index (Phi) is 5.78. The van der Waals surface area contributed by atoms with Crippen LogP contribution < -0.4 is 16.0 Å². The van der Waals surface area contributed by atoms with Crippen molar-refractivity contribution >= 4 is 23.4 Å². The van der Waals surface area contributed by atoms with Gasteiger partial charge in [0.15, 0.2) is 0 Å². The fraction of sp³-hybridized carbons (Fsp3) is 0.318. The summed E-state index contributed by atoms with van der Waals surface area (Å²) in [6, 6.07) is 12.7. The molecule has 146 valence electrons. The lowest BCUT2D eigenvalue weighted by molar-refractivity contribution is -0.121. The zero-order valence-corrected chi connectivity index (χ0v) is 16.2. The number of amides is 3. The van der Waals surface area contributed by atoms with Crippen molar-refractivity contribution in [1.29, 1.82) is 0 Å². The van der Waals surface area contributed by atoms with Crippen molar-refractivity contribution in [1.82, 2.24) is 5.32 Å². The second-order valence-corrected chi connectivity index (χ2v) is 7.18. The van der Waals surface area contributed by atoms with Gasteiger partial charge >= 0.3 is 0 Å². The van der Waals surface area contributed by atoms with Crippen molar-refractivity contribution in [3.63, 3.8) is 0 Å². The van der Waals surface area contributed by atoms with Gasteiger partial charge in [-0.1, -0.05) is 35.9 Å². The molecule has 0 aromatic heterocycles. The molecule has 0 saturated heterocycles. The Balaban J connectivity index is 1.87. The molecule has 0 radical (unpaired) electrons. The molecule has 1 unspecified atom stereocenters. The van der Waals surface area contributed by atoms with Gasteiger partial charge in [0.05, 0.1) is 12.5 Å². The summed E-state index contributed by atoms with van der Waals surface area (Å²) in [6.45, 7) is 4.01. The predicted octanol–water partition coefficient (Wildman–Crippen LogP) is 2.64. The zero-order chi connectivity index (χ0) is 20.3. The second-order valence-electron chi connectivity index (χ2n) is 7.18. The van der Waals surface area contributed by atoms with Crippen molar-refractivity contribution in [3.05, 3.63) is 64.7 Å². The summed E-state index contributed by atoms with van der Waals surface area (Å²) in [5.74, 6) is -0.766. The van der Waals surface area contributed by atoms with Crippen LogP contribution in [0.4, 0.5) is 5.69 Å². The molecular formula is C22H25N3O3. The Labute approximate surface area is 164 Å². The molecule has 3 amide bonds. The summed E-state index contributed by atoms with van der Waals surface area (Å²) < 4.78 is 0. The average molecular weight is 379 g/mol. The molecule has 6 heteroatoms. The number of carbonyl (C=O) groups is 3. The van der Waals surface area contributed by atoms with Gasteiger partial charge in [-0.2, -0.15) is 0 Å². The van der Waals surface area contributed by atoms with Crippen molar-refractivity contribution in [2.45, 2.75) is 39.2 Å². The molecule has 3 rings (SSSR count). The average Bonchev–Trinajstić information content (AvgIpc) is 2.66. The van der Waals surface area contributed by atoms with E-state index in [1.165, 1.54) is 6.92 Å². The first-order valence-corrected chi connectivity index (χ1v) is 9.42. The molecule has 1 aliphatic rings. The fourth-order valence-electron chi connectivity index (χ4n) is 3.70. The largest absolute Gasteiger partial charge is 0.366 e. The molecule has 1 heterocycles. The summed E-state index contributed by atoms with van der Waals surface area (Å²) in [6.07, 6.45) is 1.62. The highest BCUT2D eigenvalue weighted by atomic mass is 16.2. The molecule has 1 aliphatic heterocycles. The maximum Gasteiger partial charge on any atom is 0.249 e. The minimum atomic E-state index is -0.484. The van der Waals surface area contributed by atoms with Gasteiger partial charge in [-0.3, -0.25) is 14.4 Å². The number of nitrogens with one attached hydrogen (secondary N) is 1. The Bertz CT molecular complexity index is 906. The van der Waals surface area contributed by atoms with E-state index >= 15 is 0 Å². The van der Waals surface area contributed by atoms with Crippen LogP contribution >= 0.6 is 0 Å². The van der Waals surface area contributed by atoms with Crippen molar-refractivity contribution in [2.24, 2.45) is 5.73 Å². The van der Waals surface area contributed by atoms with Gasteiger partial charge < -0.3 is 16.0 Å². The topological polar surface area (TPSA) is 92.5 Å². The van der Waals surface area contributed by atoms with Crippen LogP contribution in [0.3, 0.4) is 0 Å². The molecule has 0 spiro atoms. The summed E-state index contributed by atoms with van der Waals surface area (Å²) in [5, 5.41) is 2.88. The third-order valence-corrected chi connectivity index (χ3v) is 5.05. The van der Waals surface area contributed by atoms with Gasteiger partial charge in [0.2, 0.25) is 17.7 Å². The van der Waals surface area contributed by atoms with Crippen LogP contribution in [0, 0.1) is 6.92 Å². The first kappa shape index (κ1) is 19.6. The number of hydrogen-bond donors (Lipinski definition) is 2. The summed E-state index contributed by atoms with van der Waals surface area (Å²) in [4.78, 5) is 38.3. The van der Waals surface area contributed by atoms with Crippen LogP contribution in [-0.4, -0.2) is 24.3 Å². The number of nitrogens with two attached hydrogens (primary N) is 1. The highest BCUT2D eigenvalue weighted by Crippen LogP contribution is 2.31. The zero-order valence-electron chi connectivity index (χ0n) is 16.2. The lowest BCUT2D eigenvalue weighted by Crippen LogP contribution is -2.39. The number of fused-ring (bicyclic) bond motifs is 1. The smallest absolute Gasteiger partial charge is 0.249 e. The van der Waals surface area contributed by atoms with Gasteiger partial charge in [-0.05, 0) is 43.0 Å². The number of primary amides is 1. The lowest BCUT2D eigenvalue weighted by atomic mass is 9.94. The summed E-state index contributed by atoms with van der Waals surface area (Å²) in [7, 11) is 0. The normalized spacial score (nSPS) is 14.1. The Morgan fingerprint density at radius 3 is 2.50 bits per heavy atom. The minimum Gasteiger partial charge on any atom is -0.366 e. The van der Waals surface area contributed by atoms with E-state index in [-0.39, 0.29) is 18.2 Å². The van der Waals surface area contributed by atoms with E-state index in [4.69, 9.17) is 5.73 Å². The molecular weight excluding hydrogens is 354 g/mol. The van der Waals surface area contributed by atoms with Crippen LogP contribution in [0.2, 0.25) is 0 Å². The number of carbonyl (C=O) groups excluding carboxylic acids is 3. The van der Waals surface area contributed by atoms with Gasteiger partial charge in [0, 0.05) is 24.7 Å². The summed E-state index contributed by atoms with van der Waals surface area (Å²) >= 11 is 0. The molecule has 0 fully saturated rings. The maximum atomic E-state index is 13.1. The maximum absolute atomic E-state index is 13.1. The van der Waals surface area contributed by atoms with E-state index in [2.05, 4.69) is 5.32 Å². The van der Waals surface area contributed by atoms with Crippen LogP contribution in [0.25, 0.3) is 0 Å². The van der Waals surface area contributed by atoms with E-state index in [0.717, 1.165) is 28.8 Å². The monoisotopic (exact) mass is 379 g/mol. The van der Waals surface area contributed by atoms with Crippen molar-refractivity contribution in [2.75, 3.05) is 11.4 Å². The number of anilines is 1. The van der Waals surface area contributed by atoms with Crippen LogP contribution in [0.1, 0.15) is 52.9 Å². The number of nitrogens with zero attached hydrogens (tertiary/aromatic N) is 1. The molecule has 2 aromatic rings. The first-order chi connectivity index (χ1) is 13.4. The molecule has 6 nitrogen and oxygen atoms in total. The van der Waals surface area contributed by atoms with E-state index in [1.54, 1.807) is 17.0 Å². The van der Waals surface area contributed by atoms with Gasteiger partial charge in [0.1, 0.15) is 0 Å². The minimum absolute atomic E-state index is 0.0955. The van der Waals surface area contributed by atoms with Gasteiger partial charge in [-0.25, -0.2) is 0 Å². The third kappa shape index (κ3) is 4.22. The number of hydrogen-bond acceptors (Lipinski definition) is 3. The second kappa shape index (κ2) is 8.25. The first-order valence-electron chi connectivity index (χ1n) is 9.42. The highest BCUT2D eigenvalue weighted by Gasteiger charge is 2.27. The highest BCUT2D eigenvalue weighted by molar-refractivity contribution is 6.00. The fourth-order valence-corrected chi connectivity index (χ4v) is 3.70.